The molecule has 1 aromatic rings. The van der Waals surface area contributed by atoms with E-state index in [0.29, 0.717) is 25.8 Å². The van der Waals surface area contributed by atoms with Crippen molar-refractivity contribution in [3.8, 4) is 0 Å². The molecule has 0 radical (unpaired) electrons. The molecule has 1 saturated heterocycles. The van der Waals surface area contributed by atoms with Crippen LogP contribution >= 0.6 is 0 Å². The molecular formula is C14H14F3NO3. The third kappa shape index (κ3) is 3.34. The molecule has 1 fully saturated rings. The first-order valence-electron chi connectivity index (χ1n) is 6.52. The number of carboxylic acids is 1. The van der Waals surface area contributed by atoms with Gasteiger partial charge in [0.25, 0.3) is 5.91 Å². The second-order valence-electron chi connectivity index (χ2n) is 4.92. The fourth-order valence-electron chi connectivity index (χ4n) is 2.40. The van der Waals surface area contributed by atoms with E-state index < -0.39 is 29.7 Å². The molecule has 1 aliphatic rings. The summed E-state index contributed by atoms with van der Waals surface area (Å²) in [7, 11) is 0. The van der Waals surface area contributed by atoms with Gasteiger partial charge in [-0.2, -0.15) is 13.2 Å². The average Bonchev–Trinajstić information content (AvgIpc) is 2.45. The predicted octanol–water partition coefficient (Wildman–Crippen LogP) is 2.78. The number of halogens is 3. The molecule has 7 heteroatoms. The maximum atomic E-state index is 12.5. The summed E-state index contributed by atoms with van der Waals surface area (Å²) < 4.78 is 37.4. The summed E-state index contributed by atoms with van der Waals surface area (Å²) in [4.78, 5) is 24.6. The van der Waals surface area contributed by atoms with Gasteiger partial charge in [0.05, 0.1) is 5.56 Å². The molecule has 114 valence electrons. The molecule has 0 bridgehead atoms. The van der Waals surface area contributed by atoms with E-state index in [9.17, 15) is 22.8 Å². The molecule has 4 nitrogen and oxygen atoms in total. The van der Waals surface area contributed by atoms with Crippen LogP contribution in [0.2, 0.25) is 0 Å². The van der Waals surface area contributed by atoms with Gasteiger partial charge in [0.15, 0.2) is 0 Å². The summed E-state index contributed by atoms with van der Waals surface area (Å²) in [6.07, 6.45) is -2.69. The van der Waals surface area contributed by atoms with Gasteiger partial charge in [0.1, 0.15) is 6.04 Å². The lowest BCUT2D eigenvalue weighted by Crippen LogP contribution is -2.47. The van der Waals surface area contributed by atoms with Crippen molar-refractivity contribution in [1.82, 2.24) is 4.90 Å². The van der Waals surface area contributed by atoms with Crippen molar-refractivity contribution in [3.63, 3.8) is 0 Å². The number of alkyl halides is 3. The minimum Gasteiger partial charge on any atom is -0.480 e. The number of benzene rings is 1. The van der Waals surface area contributed by atoms with Crippen molar-refractivity contribution >= 4 is 11.9 Å². The minimum absolute atomic E-state index is 0.0659. The molecule has 1 aliphatic heterocycles. The van der Waals surface area contributed by atoms with E-state index in [-0.39, 0.29) is 5.56 Å². The van der Waals surface area contributed by atoms with E-state index in [4.69, 9.17) is 5.11 Å². The lowest BCUT2D eigenvalue weighted by atomic mass is 10.0. The predicted molar refractivity (Wildman–Crippen MR) is 67.8 cm³/mol. The molecule has 0 unspecified atom stereocenters. The Morgan fingerprint density at radius 2 is 1.76 bits per heavy atom. The van der Waals surface area contributed by atoms with Crippen LogP contribution in [-0.2, 0) is 11.0 Å². The van der Waals surface area contributed by atoms with Crippen molar-refractivity contribution in [1.29, 1.82) is 0 Å². The Hall–Kier alpha value is -2.05. The fraction of sp³-hybridized carbons (Fsp3) is 0.429. The Balaban J connectivity index is 2.20. The SMILES string of the molecule is O=C(O)[C@@H]1CCCCN1C(=O)c1ccc(C(F)(F)F)cc1. The number of piperidine rings is 1. The molecule has 1 amide bonds. The Morgan fingerprint density at radius 3 is 2.29 bits per heavy atom. The maximum Gasteiger partial charge on any atom is 0.416 e. The number of hydrogen-bond donors (Lipinski definition) is 1. The third-order valence-electron chi connectivity index (χ3n) is 3.51. The number of nitrogens with zero attached hydrogens (tertiary/aromatic N) is 1. The second-order valence-corrected chi connectivity index (χ2v) is 4.92. The smallest absolute Gasteiger partial charge is 0.416 e. The number of likely N-dealkylation sites (tertiary alicyclic amines) is 1. The summed E-state index contributed by atoms with van der Waals surface area (Å²) in [5.74, 6) is -1.63. The zero-order valence-electron chi connectivity index (χ0n) is 11.1. The van der Waals surface area contributed by atoms with E-state index in [1.165, 1.54) is 4.90 Å². The van der Waals surface area contributed by atoms with Crippen LogP contribution in [0.5, 0.6) is 0 Å². The van der Waals surface area contributed by atoms with Gasteiger partial charge in [0, 0.05) is 12.1 Å². The van der Waals surface area contributed by atoms with Gasteiger partial charge >= 0.3 is 12.1 Å². The third-order valence-corrected chi connectivity index (χ3v) is 3.51. The van der Waals surface area contributed by atoms with Crippen LogP contribution < -0.4 is 0 Å². The Labute approximate surface area is 119 Å². The number of aliphatic carboxylic acids is 1. The number of carbonyl (C=O) groups is 2. The molecule has 21 heavy (non-hydrogen) atoms. The quantitative estimate of drug-likeness (QED) is 0.914. The Bertz CT molecular complexity index is 539. The van der Waals surface area contributed by atoms with Crippen molar-refractivity contribution in [2.24, 2.45) is 0 Å². The van der Waals surface area contributed by atoms with Crippen molar-refractivity contribution in [2.45, 2.75) is 31.5 Å². The standard InChI is InChI=1S/C14H14F3NO3/c15-14(16,17)10-6-4-9(5-7-10)12(19)18-8-2-1-3-11(18)13(20)21/h4-7,11H,1-3,8H2,(H,20,21)/t11-/m0/s1. The first kappa shape index (κ1) is 15.3. The molecule has 0 spiro atoms. The highest BCUT2D eigenvalue weighted by Gasteiger charge is 2.33. The van der Waals surface area contributed by atoms with Crippen LogP contribution in [0.1, 0.15) is 35.2 Å². The fourth-order valence-corrected chi connectivity index (χ4v) is 2.40. The number of amides is 1. The number of carboxylic acid groups (broad SMARTS) is 1. The minimum atomic E-state index is -4.46. The van der Waals surface area contributed by atoms with Crippen molar-refractivity contribution < 1.29 is 27.9 Å². The number of hydrogen-bond acceptors (Lipinski definition) is 2. The van der Waals surface area contributed by atoms with Crippen LogP contribution in [0.15, 0.2) is 24.3 Å². The Morgan fingerprint density at radius 1 is 1.14 bits per heavy atom. The van der Waals surface area contributed by atoms with Crippen LogP contribution in [0.4, 0.5) is 13.2 Å². The maximum absolute atomic E-state index is 12.5. The molecular weight excluding hydrogens is 287 g/mol. The molecule has 0 aliphatic carbocycles. The number of rotatable bonds is 2. The van der Waals surface area contributed by atoms with Gasteiger partial charge in [-0.15, -0.1) is 0 Å². The van der Waals surface area contributed by atoms with Gasteiger partial charge in [-0.05, 0) is 43.5 Å². The van der Waals surface area contributed by atoms with E-state index in [1.54, 1.807) is 0 Å². The first-order valence-corrected chi connectivity index (χ1v) is 6.52. The van der Waals surface area contributed by atoms with Crippen molar-refractivity contribution in [2.75, 3.05) is 6.54 Å². The molecule has 1 aromatic carbocycles. The highest BCUT2D eigenvalue weighted by Crippen LogP contribution is 2.29. The summed E-state index contributed by atoms with van der Waals surface area (Å²) in [5.41, 5.74) is -0.774. The van der Waals surface area contributed by atoms with E-state index in [1.807, 2.05) is 0 Å². The van der Waals surface area contributed by atoms with E-state index in [0.717, 1.165) is 24.3 Å². The van der Waals surface area contributed by atoms with Crippen LogP contribution in [0, 0.1) is 0 Å². The lowest BCUT2D eigenvalue weighted by molar-refractivity contribution is -0.143. The summed E-state index contributed by atoms with van der Waals surface area (Å²) in [5, 5.41) is 9.11. The zero-order valence-corrected chi connectivity index (χ0v) is 11.1. The van der Waals surface area contributed by atoms with Crippen LogP contribution in [0.25, 0.3) is 0 Å². The van der Waals surface area contributed by atoms with Gasteiger partial charge in [-0.1, -0.05) is 0 Å². The normalized spacial score (nSPS) is 19.4. The molecule has 2 rings (SSSR count). The summed E-state index contributed by atoms with van der Waals surface area (Å²) in [6, 6.07) is 2.91. The molecule has 0 saturated carbocycles. The highest BCUT2D eigenvalue weighted by atomic mass is 19.4. The molecule has 1 N–H and O–H groups in total. The highest BCUT2D eigenvalue weighted by molar-refractivity contribution is 5.96. The van der Waals surface area contributed by atoms with Gasteiger partial charge in [-0.25, -0.2) is 4.79 Å². The van der Waals surface area contributed by atoms with Gasteiger partial charge in [0.2, 0.25) is 0 Å². The van der Waals surface area contributed by atoms with Gasteiger partial charge < -0.3 is 10.0 Å². The molecule has 0 aromatic heterocycles. The van der Waals surface area contributed by atoms with Crippen LogP contribution in [0.3, 0.4) is 0 Å². The van der Waals surface area contributed by atoms with Crippen LogP contribution in [-0.4, -0.2) is 34.5 Å². The van der Waals surface area contributed by atoms with E-state index in [2.05, 4.69) is 0 Å². The summed E-state index contributed by atoms with van der Waals surface area (Å²) >= 11 is 0. The molecule has 1 atom stereocenters. The summed E-state index contributed by atoms with van der Waals surface area (Å²) in [6.45, 7) is 0.302. The number of carbonyl (C=O) groups excluding carboxylic acids is 1. The largest absolute Gasteiger partial charge is 0.480 e. The average molecular weight is 301 g/mol. The second kappa shape index (κ2) is 5.75. The van der Waals surface area contributed by atoms with Gasteiger partial charge in [-0.3, -0.25) is 4.79 Å². The lowest BCUT2D eigenvalue weighted by Gasteiger charge is -2.33. The Kier molecular flexibility index (Phi) is 4.20. The zero-order chi connectivity index (χ0) is 15.6. The van der Waals surface area contributed by atoms with Crippen molar-refractivity contribution in [3.05, 3.63) is 35.4 Å². The van der Waals surface area contributed by atoms with E-state index >= 15 is 0 Å². The molecule has 1 heterocycles. The monoisotopic (exact) mass is 301 g/mol. The topological polar surface area (TPSA) is 57.6 Å². The first-order chi connectivity index (χ1) is 9.80.